The van der Waals surface area contributed by atoms with Gasteiger partial charge in [-0.25, -0.2) is 10.1 Å². The van der Waals surface area contributed by atoms with Crippen molar-refractivity contribution < 1.29 is 13.6 Å². The van der Waals surface area contributed by atoms with E-state index in [2.05, 4.69) is 52.2 Å². The van der Waals surface area contributed by atoms with Crippen LogP contribution in [0.25, 0.3) is 17.0 Å². The highest BCUT2D eigenvalue weighted by Gasteiger charge is 1.93. The Labute approximate surface area is 179 Å². The fourth-order valence-electron chi connectivity index (χ4n) is 1.30. The molecule has 129 valence electrons. The van der Waals surface area contributed by atoms with Gasteiger partial charge in [-0.15, -0.1) is 0 Å². The second-order valence-corrected chi connectivity index (χ2v) is 5.48. The van der Waals surface area contributed by atoms with Crippen LogP contribution in [0.3, 0.4) is 0 Å². The van der Waals surface area contributed by atoms with Gasteiger partial charge in [0.05, 0.1) is 12.6 Å². The van der Waals surface area contributed by atoms with Crippen molar-refractivity contribution >= 4 is 74.2 Å². The molecule has 0 saturated heterocycles. The van der Waals surface area contributed by atoms with Crippen LogP contribution in [0.15, 0.2) is 66.4 Å². The molecule has 10 heteroatoms. The summed E-state index contributed by atoms with van der Waals surface area (Å²) in [7, 11) is 8.00. The van der Waals surface area contributed by atoms with Crippen LogP contribution in [0, 0.1) is 17.9 Å². The first-order chi connectivity index (χ1) is 12.6. The van der Waals surface area contributed by atoms with Gasteiger partial charge in [0.2, 0.25) is 0 Å². The zero-order valence-corrected chi connectivity index (χ0v) is 17.1. The third-order valence-corrected chi connectivity index (χ3v) is 3.13. The van der Waals surface area contributed by atoms with Gasteiger partial charge in [0, 0.05) is 23.9 Å². The van der Waals surface area contributed by atoms with E-state index in [1.165, 1.54) is 12.2 Å². The third-order valence-electron chi connectivity index (χ3n) is 2.28. The average molecular weight is 483 g/mol. The number of hydrogen-bond acceptors (Lipinski definition) is 4. The normalized spacial score (nSPS) is 9.85. The molecule has 0 saturated carbocycles. The summed E-state index contributed by atoms with van der Waals surface area (Å²) in [6.45, 7) is 6.62. The van der Waals surface area contributed by atoms with E-state index in [4.69, 9.17) is 20.7 Å². The highest BCUT2D eigenvalue weighted by Crippen LogP contribution is 2.15. The topological polar surface area (TPSA) is 71.5 Å². The van der Waals surface area contributed by atoms with E-state index in [9.17, 15) is 4.79 Å². The molecule has 0 unspecified atom stereocenters. The zero-order valence-electron chi connectivity index (χ0n) is 13.9. The number of carbonyl (C=O) groups is 1. The number of nitrogens with zero attached hydrogens (tertiary/aromatic N) is 2. The summed E-state index contributed by atoms with van der Waals surface area (Å²) in [6.07, 6.45) is 8.39. The van der Waals surface area contributed by atoms with Gasteiger partial charge in [-0.1, -0.05) is 6.08 Å². The van der Waals surface area contributed by atoms with Gasteiger partial charge < -0.3 is 8.83 Å². The summed E-state index contributed by atoms with van der Waals surface area (Å²) in [5.41, 5.74) is 0.0480. The van der Waals surface area contributed by atoms with Crippen molar-refractivity contribution in [2.75, 3.05) is 0 Å². The molecule has 27 heavy (non-hydrogen) atoms. The lowest BCUT2D eigenvalue weighted by atomic mass is 9.81. The second kappa shape index (κ2) is 17.0. The maximum absolute atomic E-state index is 9.84. The van der Waals surface area contributed by atoms with Crippen LogP contribution in [0.5, 0.6) is 0 Å². The van der Waals surface area contributed by atoms with Crippen molar-refractivity contribution in [1.82, 2.24) is 0 Å². The number of aldehydes is 1. The molecule has 0 aliphatic carbocycles. The molecule has 2 aromatic heterocycles. The minimum atomic E-state index is 0. The smallest absolute Gasteiger partial charge is 0.261 e. The standard InChI is InChI=1S/C10H5BrN2O.C7H5BrO2.B2.B/c1-13-8(7-12)3-2-4-9-5-6-10(11)14-9;8-7-4-3-6(10-7)2-1-5-9;1-2;/h2-6H;1-5H;;/b4-2+,8-3-;2-1+;;. The van der Waals surface area contributed by atoms with Crippen LogP contribution in [0.2, 0.25) is 0 Å². The Morgan fingerprint density at radius 2 is 1.56 bits per heavy atom. The van der Waals surface area contributed by atoms with Gasteiger partial charge in [-0.3, -0.25) is 4.79 Å². The monoisotopic (exact) mass is 481 g/mol. The molecule has 0 aliphatic rings. The molecule has 0 N–H and O–H groups in total. The Morgan fingerprint density at radius 3 is 1.89 bits per heavy atom. The van der Waals surface area contributed by atoms with E-state index < -0.39 is 0 Å². The molecule has 7 radical (unpaired) electrons. The summed E-state index contributed by atoms with van der Waals surface area (Å²) in [4.78, 5) is 12.8. The van der Waals surface area contributed by atoms with Crippen LogP contribution in [-0.4, -0.2) is 30.2 Å². The Balaban J connectivity index is 0. The largest absolute Gasteiger partial charge is 0.450 e. The number of halogens is 2. The lowest BCUT2D eigenvalue weighted by Gasteiger charge is -1.81. The van der Waals surface area contributed by atoms with Crippen molar-refractivity contribution in [1.29, 1.82) is 5.26 Å². The first-order valence-corrected chi connectivity index (χ1v) is 8.29. The number of hydrogen-bond donors (Lipinski definition) is 0. The molecular formula is C17H10B3Br2N2O3. The maximum atomic E-state index is 9.84. The third kappa shape index (κ3) is 12.6. The minimum absolute atomic E-state index is 0. The van der Waals surface area contributed by atoms with Crippen LogP contribution in [-0.2, 0) is 4.79 Å². The van der Waals surface area contributed by atoms with E-state index in [1.807, 2.05) is 0 Å². The van der Waals surface area contributed by atoms with E-state index in [0.717, 1.165) is 0 Å². The summed E-state index contributed by atoms with van der Waals surface area (Å²) >= 11 is 6.30. The lowest BCUT2D eigenvalue weighted by Crippen LogP contribution is -1.64. The average Bonchev–Trinajstić information content (AvgIpc) is 3.27. The fraction of sp³-hybridized carbons (Fsp3) is 0. The summed E-state index contributed by atoms with van der Waals surface area (Å²) in [6, 6.07) is 8.84. The van der Waals surface area contributed by atoms with Gasteiger partial charge in [0.25, 0.3) is 5.70 Å². The Kier molecular flexibility index (Phi) is 16.9. The van der Waals surface area contributed by atoms with Gasteiger partial charge in [0.1, 0.15) is 17.8 Å². The predicted octanol–water partition coefficient (Wildman–Crippen LogP) is 4.49. The Morgan fingerprint density at radius 1 is 1.07 bits per heavy atom. The molecule has 0 bridgehead atoms. The van der Waals surface area contributed by atoms with Crippen LogP contribution in [0.4, 0.5) is 0 Å². The summed E-state index contributed by atoms with van der Waals surface area (Å²) < 4.78 is 11.5. The molecule has 0 atom stereocenters. The number of nitriles is 1. The molecule has 2 heterocycles. The van der Waals surface area contributed by atoms with Crippen LogP contribution >= 0.6 is 31.9 Å². The van der Waals surface area contributed by atoms with Crippen molar-refractivity contribution in [3.63, 3.8) is 0 Å². The Hall–Kier alpha value is -2.42. The van der Waals surface area contributed by atoms with Crippen LogP contribution < -0.4 is 0 Å². The van der Waals surface area contributed by atoms with Crippen LogP contribution in [0.1, 0.15) is 11.5 Å². The minimum Gasteiger partial charge on any atom is -0.450 e. The van der Waals surface area contributed by atoms with Crippen molar-refractivity contribution in [2.45, 2.75) is 0 Å². The fourth-order valence-corrected chi connectivity index (χ4v) is 1.94. The highest BCUT2D eigenvalue weighted by molar-refractivity contribution is 9.10. The molecule has 2 aromatic rings. The van der Waals surface area contributed by atoms with E-state index in [0.29, 0.717) is 27.1 Å². The molecule has 0 amide bonds. The zero-order chi connectivity index (χ0) is 19.8. The molecule has 0 fully saturated rings. The number of furan rings is 2. The highest BCUT2D eigenvalue weighted by atomic mass is 79.9. The van der Waals surface area contributed by atoms with Gasteiger partial charge in [-0.05, 0) is 80.4 Å². The molecule has 0 aliphatic heterocycles. The SMILES string of the molecule is O=C/C=C/c1ccc(Br)o1.[B].[B][B].[C-]#[N+]/C(C#N)=C\C=C\c1ccc(Br)o1. The molecular weight excluding hydrogens is 472 g/mol. The maximum Gasteiger partial charge on any atom is 0.261 e. The van der Waals surface area contributed by atoms with Gasteiger partial charge >= 0.3 is 0 Å². The quantitative estimate of drug-likeness (QED) is 0.161. The first-order valence-electron chi connectivity index (χ1n) is 6.71. The first kappa shape index (κ1) is 26.8. The molecule has 0 spiro atoms. The van der Waals surface area contributed by atoms with E-state index >= 15 is 0 Å². The van der Waals surface area contributed by atoms with E-state index in [-0.39, 0.29) is 14.1 Å². The van der Waals surface area contributed by atoms with Gasteiger partial charge in [-0.2, -0.15) is 0 Å². The number of allylic oxidation sites excluding steroid dienone is 4. The predicted molar refractivity (Wildman–Crippen MR) is 115 cm³/mol. The molecule has 0 aromatic carbocycles. The van der Waals surface area contributed by atoms with Crippen molar-refractivity contribution in [2.24, 2.45) is 0 Å². The molecule has 5 nitrogen and oxygen atoms in total. The number of rotatable bonds is 4. The van der Waals surface area contributed by atoms with E-state index in [1.54, 1.807) is 48.6 Å². The van der Waals surface area contributed by atoms with Gasteiger partial charge in [0.15, 0.2) is 9.34 Å². The second-order valence-electron chi connectivity index (χ2n) is 3.91. The summed E-state index contributed by atoms with van der Waals surface area (Å²) in [5.74, 6) is 1.33. The van der Waals surface area contributed by atoms with Crippen molar-refractivity contribution in [3.8, 4) is 6.07 Å². The molecule has 2 rings (SSSR count). The summed E-state index contributed by atoms with van der Waals surface area (Å²) in [5, 5.41) is 8.43. The Bertz CT molecular complexity index is 843. The number of carbonyl (C=O) groups excluding carboxylic acids is 1. The van der Waals surface area contributed by atoms with Crippen molar-refractivity contribution in [3.05, 3.63) is 80.5 Å². The lowest BCUT2D eigenvalue weighted by molar-refractivity contribution is -0.104.